The number of carboxylic acid groups (broad SMARTS) is 1. The summed E-state index contributed by atoms with van der Waals surface area (Å²) in [5, 5.41) is 10.3. The molecular formula is C14H33NO4S. The van der Waals surface area contributed by atoms with Crippen LogP contribution in [0.25, 0.3) is 0 Å². The Hall–Kier alpha value is -0.910. The number of carbonyl (C=O) groups excluding carboxylic acids is 1. The lowest BCUT2D eigenvalue weighted by Gasteiger charge is -2.19. The number of ether oxygens (including phenoxy) is 1. The first-order valence-electron chi connectivity index (χ1n) is 6.68. The number of hydrogen-bond donors (Lipinski definition) is 3. The van der Waals surface area contributed by atoms with Crippen LogP contribution in [0, 0.1) is 5.92 Å². The third-order valence-corrected chi connectivity index (χ3v) is 0.783. The van der Waals surface area contributed by atoms with Crippen LogP contribution in [-0.4, -0.2) is 35.6 Å². The Kier molecular flexibility index (Phi) is 24.8. The lowest BCUT2D eigenvalue weighted by atomic mass is 10.2. The van der Waals surface area contributed by atoms with Crippen LogP contribution in [0.15, 0.2) is 0 Å². The molecule has 0 radical (unpaired) electrons. The Morgan fingerprint density at radius 3 is 1.65 bits per heavy atom. The maximum atomic E-state index is 10.8. The van der Waals surface area contributed by atoms with Crippen LogP contribution < -0.4 is 5.32 Å². The standard InChI is InChI=1S/C7H13NO4.C4H10.C2H6.CH4S/c1-7(2,3)12-6(11)8-4-5(9)10;1-4(2)3;2*1-2/h4H2,1-3H3,(H,8,11)(H,9,10);4H,1-3H3;1-2H3;2H,1H3. The average Bonchev–Trinajstić information content (AvgIpc) is 2.29. The summed E-state index contributed by atoms with van der Waals surface area (Å²) in [6.45, 7) is 15.2. The Labute approximate surface area is 129 Å². The van der Waals surface area contributed by atoms with Crippen LogP contribution in [-0.2, 0) is 9.53 Å². The van der Waals surface area contributed by atoms with E-state index in [9.17, 15) is 9.59 Å². The zero-order valence-electron chi connectivity index (χ0n) is 14.4. The highest BCUT2D eigenvalue weighted by Crippen LogP contribution is 2.05. The lowest BCUT2D eigenvalue weighted by molar-refractivity contribution is -0.136. The van der Waals surface area contributed by atoms with Crippen molar-refractivity contribution in [2.24, 2.45) is 5.92 Å². The van der Waals surface area contributed by atoms with Gasteiger partial charge < -0.3 is 15.2 Å². The van der Waals surface area contributed by atoms with Gasteiger partial charge in [-0.1, -0.05) is 34.6 Å². The van der Waals surface area contributed by atoms with Gasteiger partial charge in [0.25, 0.3) is 0 Å². The zero-order valence-corrected chi connectivity index (χ0v) is 15.3. The van der Waals surface area contributed by atoms with E-state index in [1.807, 2.05) is 13.8 Å². The second-order valence-corrected chi connectivity index (χ2v) is 4.98. The molecule has 0 aromatic rings. The fourth-order valence-electron chi connectivity index (χ4n) is 0.462. The Bertz CT molecular complexity index is 223. The first-order chi connectivity index (χ1) is 9.04. The molecule has 0 unspecified atom stereocenters. The highest BCUT2D eigenvalue weighted by Gasteiger charge is 2.15. The molecule has 0 aliphatic carbocycles. The van der Waals surface area contributed by atoms with E-state index in [0.29, 0.717) is 0 Å². The van der Waals surface area contributed by atoms with Crippen LogP contribution in [0.3, 0.4) is 0 Å². The molecule has 0 atom stereocenters. The number of hydrogen-bond acceptors (Lipinski definition) is 4. The topological polar surface area (TPSA) is 75.6 Å². The van der Waals surface area contributed by atoms with Gasteiger partial charge in [0.2, 0.25) is 0 Å². The molecule has 0 fully saturated rings. The van der Waals surface area contributed by atoms with Gasteiger partial charge in [-0.3, -0.25) is 4.79 Å². The molecule has 0 rings (SSSR count). The predicted molar refractivity (Wildman–Crippen MR) is 88.6 cm³/mol. The second kappa shape index (κ2) is 18.1. The number of carbonyl (C=O) groups is 2. The van der Waals surface area contributed by atoms with Crippen molar-refractivity contribution in [3.63, 3.8) is 0 Å². The molecule has 0 aliphatic rings. The summed E-state index contributed by atoms with van der Waals surface area (Å²) in [7, 11) is 0. The summed E-state index contributed by atoms with van der Waals surface area (Å²) in [6, 6.07) is 0. The molecule has 1 amide bonds. The normalized spacial score (nSPS) is 8.75. The van der Waals surface area contributed by atoms with Crippen molar-refractivity contribution in [2.45, 2.75) is 61.0 Å². The Morgan fingerprint density at radius 1 is 1.15 bits per heavy atom. The molecule has 6 heteroatoms. The molecule has 5 nitrogen and oxygen atoms in total. The SMILES string of the molecule is CC.CC(C)(C)OC(=O)NCC(=O)O.CC(C)C.CS. The highest BCUT2D eigenvalue weighted by atomic mass is 32.1. The van der Waals surface area contributed by atoms with Gasteiger partial charge >= 0.3 is 12.1 Å². The minimum atomic E-state index is -1.10. The first kappa shape index (κ1) is 27.4. The largest absolute Gasteiger partial charge is 0.480 e. The van der Waals surface area contributed by atoms with E-state index >= 15 is 0 Å². The first-order valence-corrected chi connectivity index (χ1v) is 7.57. The third-order valence-electron chi connectivity index (χ3n) is 0.783. The summed E-state index contributed by atoms with van der Waals surface area (Å²) in [4.78, 5) is 20.8. The maximum Gasteiger partial charge on any atom is 0.408 e. The van der Waals surface area contributed by atoms with E-state index in [4.69, 9.17) is 9.84 Å². The number of aliphatic carboxylic acids is 1. The number of thiol groups is 1. The Morgan fingerprint density at radius 2 is 1.45 bits per heavy atom. The van der Waals surface area contributed by atoms with Crippen LogP contribution in [0.4, 0.5) is 4.79 Å². The van der Waals surface area contributed by atoms with Gasteiger partial charge in [-0.15, -0.1) is 0 Å². The number of amides is 1. The molecule has 0 bridgehead atoms. The van der Waals surface area contributed by atoms with Gasteiger partial charge in [0.05, 0.1) is 0 Å². The molecule has 0 saturated carbocycles. The summed E-state index contributed by atoms with van der Waals surface area (Å²) in [6.07, 6.45) is 0.977. The number of nitrogens with one attached hydrogen (secondary N) is 1. The quantitative estimate of drug-likeness (QED) is 0.677. The monoisotopic (exact) mass is 311 g/mol. The van der Waals surface area contributed by atoms with Gasteiger partial charge in [0.1, 0.15) is 12.1 Å². The predicted octanol–water partition coefficient (Wildman–Crippen LogP) is 3.83. The van der Waals surface area contributed by atoms with Crippen LogP contribution in [0.2, 0.25) is 0 Å². The van der Waals surface area contributed by atoms with E-state index in [-0.39, 0.29) is 0 Å². The third kappa shape index (κ3) is 53.5. The van der Waals surface area contributed by atoms with Crippen molar-refractivity contribution >= 4 is 24.7 Å². The van der Waals surface area contributed by atoms with Crippen LogP contribution >= 0.6 is 12.6 Å². The molecule has 0 aromatic heterocycles. The lowest BCUT2D eigenvalue weighted by Crippen LogP contribution is -2.35. The Balaban J connectivity index is -0.000000134. The number of carboxylic acids is 1. The van der Waals surface area contributed by atoms with E-state index in [1.165, 1.54) is 0 Å². The molecule has 2 N–H and O–H groups in total. The van der Waals surface area contributed by atoms with Crippen molar-refractivity contribution < 1.29 is 19.4 Å². The molecule has 20 heavy (non-hydrogen) atoms. The van der Waals surface area contributed by atoms with Crippen molar-refractivity contribution in [3.8, 4) is 0 Å². The molecule has 0 heterocycles. The fraction of sp³-hybridized carbons (Fsp3) is 0.857. The molecule has 0 aromatic carbocycles. The van der Waals surface area contributed by atoms with Crippen LogP contribution in [0.1, 0.15) is 55.4 Å². The van der Waals surface area contributed by atoms with E-state index in [2.05, 4.69) is 38.7 Å². The van der Waals surface area contributed by atoms with Gasteiger partial charge in [0, 0.05) is 0 Å². The molecular weight excluding hydrogens is 278 g/mol. The summed E-state index contributed by atoms with van der Waals surface area (Å²) in [5.74, 6) is -0.263. The second-order valence-electron chi connectivity index (χ2n) is 4.98. The van der Waals surface area contributed by atoms with Crippen molar-refractivity contribution in [3.05, 3.63) is 0 Å². The number of rotatable bonds is 2. The van der Waals surface area contributed by atoms with Gasteiger partial charge in [-0.25, -0.2) is 4.79 Å². The number of alkyl carbamates (subject to hydrolysis) is 1. The molecule has 0 spiro atoms. The van der Waals surface area contributed by atoms with Crippen LogP contribution in [0.5, 0.6) is 0 Å². The van der Waals surface area contributed by atoms with Gasteiger partial charge in [-0.05, 0) is 32.9 Å². The van der Waals surface area contributed by atoms with E-state index in [0.717, 1.165) is 5.92 Å². The van der Waals surface area contributed by atoms with Crippen molar-refractivity contribution in [2.75, 3.05) is 12.8 Å². The fourth-order valence-corrected chi connectivity index (χ4v) is 0.462. The smallest absolute Gasteiger partial charge is 0.408 e. The van der Waals surface area contributed by atoms with Crippen molar-refractivity contribution in [1.82, 2.24) is 5.32 Å². The minimum Gasteiger partial charge on any atom is -0.480 e. The van der Waals surface area contributed by atoms with E-state index < -0.39 is 24.2 Å². The van der Waals surface area contributed by atoms with Crippen molar-refractivity contribution in [1.29, 1.82) is 0 Å². The summed E-state index contributed by atoms with van der Waals surface area (Å²) < 4.78 is 4.77. The average molecular weight is 311 g/mol. The molecule has 0 saturated heterocycles. The summed E-state index contributed by atoms with van der Waals surface area (Å²) in [5.41, 5.74) is -0.595. The minimum absolute atomic E-state index is 0.422. The van der Waals surface area contributed by atoms with Gasteiger partial charge in [-0.2, -0.15) is 12.6 Å². The van der Waals surface area contributed by atoms with E-state index in [1.54, 1.807) is 27.0 Å². The maximum absolute atomic E-state index is 10.8. The molecule has 0 aliphatic heterocycles. The van der Waals surface area contributed by atoms with Gasteiger partial charge in [0.15, 0.2) is 0 Å². The zero-order chi connectivity index (χ0) is 17.4. The summed E-state index contributed by atoms with van der Waals surface area (Å²) >= 11 is 3.53. The highest BCUT2D eigenvalue weighted by molar-refractivity contribution is 7.79. The molecule has 124 valence electrons.